The van der Waals surface area contributed by atoms with Gasteiger partial charge in [0.2, 0.25) is 0 Å². The number of benzene rings is 1. The molecule has 3 nitrogen and oxygen atoms in total. The molecule has 0 amide bonds. The van der Waals surface area contributed by atoms with Crippen molar-refractivity contribution in [3.05, 3.63) is 29.3 Å². The van der Waals surface area contributed by atoms with E-state index in [0.29, 0.717) is 12.5 Å². The lowest BCUT2D eigenvalue weighted by atomic mass is 9.97. The van der Waals surface area contributed by atoms with Crippen molar-refractivity contribution in [3.63, 3.8) is 0 Å². The van der Waals surface area contributed by atoms with Crippen LogP contribution in [-0.4, -0.2) is 23.7 Å². The van der Waals surface area contributed by atoms with Gasteiger partial charge in [-0.1, -0.05) is 38.0 Å². The number of nitrogens with zero attached hydrogens (tertiary/aromatic N) is 1. The summed E-state index contributed by atoms with van der Waals surface area (Å²) in [6.45, 7) is 2.91. The second-order valence-corrected chi connectivity index (χ2v) is 6.25. The average Bonchev–Trinajstić information content (AvgIpc) is 3.07. The average molecular weight is 273 g/mol. The maximum atomic E-state index is 11.1. The molecule has 1 aliphatic heterocycles. The third-order valence-electron chi connectivity index (χ3n) is 4.83. The molecule has 3 heteroatoms. The Morgan fingerprint density at radius 3 is 2.85 bits per heavy atom. The molecular weight excluding hydrogens is 250 g/mol. The number of carbonyl (C=O) groups is 1. The first-order valence-electron chi connectivity index (χ1n) is 7.77. The van der Waals surface area contributed by atoms with E-state index in [9.17, 15) is 4.79 Å². The monoisotopic (exact) mass is 273 g/mol. The number of rotatable bonds is 4. The topological polar surface area (TPSA) is 40.5 Å². The molecule has 0 aromatic heterocycles. The minimum atomic E-state index is -0.701. The van der Waals surface area contributed by atoms with Crippen LogP contribution in [0.5, 0.6) is 0 Å². The van der Waals surface area contributed by atoms with Crippen LogP contribution in [0.3, 0.4) is 0 Å². The molecule has 1 atom stereocenters. The fourth-order valence-corrected chi connectivity index (χ4v) is 3.73. The SMILES string of the molecule is CC(Cc1cccc2c1N(C1CCCC1)CC2)C(=O)O. The maximum Gasteiger partial charge on any atom is 0.306 e. The molecule has 1 saturated carbocycles. The summed E-state index contributed by atoms with van der Waals surface area (Å²) in [6, 6.07) is 7.09. The Labute approximate surface area is 120 Å². The second kappa shape index (κ2) is 5.47. The summed E-state index contributed by atoms with van der Waals surface area (Å²) in [4.78, 5) is 13.7. The van der Waals surface area contributed by atoms with E-state index in [4.69, 9.17) is 5.11 Å². The molecule has 2 aliphatic rings. The van der Waals surface area contributed by atoms with Crippen LogP contribution >= 0.6 is 0 Å². The van der Waals surface area contributed by atoms with Gasteiger partial charge in [-0.15, -0.1) is 0 Å². The van der Waals surface area contributed by atoms with Crippen molar-refractivity contribution in [2.75, 3.05) is 11.4 Å². The Morgan fingerprint density at radius 1 is 1.40 bits per heavy atom. The van der Waals surface area contributed by atoms with E-state index >= 15 is 0 Å². The van der Waals surface area contributed by atoms with Gasteiger partial charge in [-0.3, -0.25) is 4.79 Å². The van der Waals surface area contributed by atoms with Gasteiger partial charge in [-0.2, -0.15) is 0 Å². The number of anilines is 1. The molecule has 1 fully saturated rings. The van der Waals surface area contributed by atoms with Crippen LogP contribution in [0.2, 0.25) is 0 Å². The number of fused-ring (bicyclic) bond motifs is 1. The van der Waals surface area contributed by atoms with Gasteiger partial charge < -0.3 is 10.0 Å². The Hall–Kier alpha value is -1.51. The lowest BCUT2D eigenvalue weighted by Crippen LogP contribution is -2.32. The largest absolute Gasteiger partial charge is 0.481 e. The molecule has 0 saturated heterocycles. The third-order valence-corrected chi connectivity index (χ3v) is 4.83. The zero-order valence-corrected chi connectivity index (χ0v) is 12.1. The van der Waals surface area contributed by atoms with E-state index in [0.717, 1.165) is 13.0 Å². The second-order valence-electron chi connectivity index (χ2n) is 6.25. The van der Waals surface area contributed by atoms with Gasteiger partial charge >= 0.3 is 5.97 Å². The predicted octanol–water partition coefficient (Wildman–Crippen LogP) is 3.25. The van der Waals surface area contributed by atoms with Gasteiger partial charge in [-0.25, -0.2) is 0 Å². The molecule has 1 aromatic carbocycles. The van der Waals surface area contributed by atoms with E-state index in [1.54, 1.807) is 6.92 Å². The molecular formula is C17H23NO2. The van der Waals surface area contributed by atoms with Gasteiger partial charge in [0.15, 0.2) is 0 Å². The van der Waals surface area contributed by atoms with E-state index in [-0.39, 0.29) is 5.92 Å². The van der Waals surface area contributed by atoms with Crippen LogP contribution in [-0.2, 0) is 17.6 Å². The van der Waals surface area contributed by atoms with Crippen LogP contribution in [0.1, 0.15) is 43.7 Å². The zero-order chi connectivity index (χ0) is 14.1. The molecule has 1 aliphatic carbocycles. The van der Waals surface area contributed by atoms with Crippen molar-refractivity contribution >= 4 is 11.7 Å². The van der Waals surface area contributed by atoms with Crippen molar-refractivity contribution in [1.82, 2.24) is 0 Å². The number of hydrogen-bond donors (Lipinski definition) is 1. The van der Waals surface area contributed by atoms with Gasteiger partial charge in [0.1, 0.15) is 0 Å². The number of carboxylic acid groups (broad SMARTS) is 1. The molecule has 20 heavy (non-hydrogen) atoms. The van der Waals surface area contributed by atoms with Crippen molar-refractivity contribution in [1.29, 1.82) is 0 Å². The molecule has 1 aromatic rings. The Morgan fingerprint density at radius 2 is 2.15 bits per heavy atom. The molecule has 108 valence electrons. The summed E-state index contributed by atoms with van der Waals surface area (Å²) in [5, 5.41) is 9.16. The Bertz CT molecular complexity index is 506. The number of carboxylic acids is 1. The maximum absolute atomic E-state index is 11.1. The quantitative estimate of drug-likeness (QED) is 0.915. The molecule has 3 rings (SSSR count). The summed E-state index contributed by atoms with van der Waals surface area (Å²) in [7, 11) is 0. The highest BCUT2D eigenvalue weighted by Gasteiger charge is 2.30. The van der Waals surface area contributed by atoms with E-state index < -0.39 is 5.97 Å². The van der Waals surface area contributed by atoms with Crippen LogP contribution < -0.4 is 4.90 Å². The molecule has 1 heterocycles. The van der Waals surface area contributed by atoms with E-state index in [2.05, 4.69) is 23.1 Å². The lowest BCUT2D eigenvalue weighted by molar-refractivity contribution is -0.141. The first kappa shape index (κ1) is 13.5. The summed E-state index contributed by atoms with van der Waals surface area (Å²) in [5.41, 5.74) is 3.99. The third kappa shape index (κ3) is 2.41. The number of aliphatic carboxylic acids is 1. The van der Waals surface area contributed by atoms with Crippen LogP contribution in [0, 0.1) is 5.92 Å². The first-order valence-corrected chi connectivity index (χ1v) is 7.77. The lowest BCUT2D eigenvalue weighted by Gasteiger charge is -2.29. The molecule has 1 unspecified atom stereocenters. The fourth-order valence-electron chi connectivity index (χ4n) is 3.73. The van der Waals surface area contributed by atoms with Gasteiger partial charge in [0, 0.05) is 18.3 Å². The fraction of sp³-hybridized carbons (Fsp3) is 0.588. The minimum Gasteiger partial charge on any atom is -0.481 e. The van der Waals surface area contributed by atoms with Crippen LogP contribution in [0.4, 0.5) is 5.69 Å². The molecule has 0 spiro atoms. The standard InChI is InChI=1S/C17H23NO2/c1-12(17(19)20)11-14-6-4-5-13-9-10-18(16(13)14)15-7-2-3-8-15/h4-6,12,15H,2-3,7-11H2,1H3,(H,19,20). The summed E-state index contributed by atoms with van der Waals surface area (Å²) in [5.74, 6) is -1.01. The smallest absolute Gasteiger partial charge is 0.306 e. The van der Waals surface area contributed by atoms with Gasteiger partial charge in [0.25, 0.3) is 0 Å². The highest BCUT2D eigenvalue weighted by molar-refractivity contribution is 5.71. The highest BCUT2D eigenvalue weighted by Crippen LogP contribution is 2.38. The number of hydrogen-bond acceptors (Lipinski definition) is 2. The minimum absolute atomic E-state index is 0.312. The van der Waals surface area contributed by atoms with Crippen molar-refractivity contribution in [2.45, 2.75) is 51.5 Å². The van der Waals surface area contributed by atoms with E-state index in [1.165, 1.54) is 42.5 Å². The van der Waals surface area contributed by atoms with Crippen molar-refractivity contribution in [2.24, 2.45) is 5.92 Å². The van der Waals surface area contributed by atoms with Crippen LogP contribution in [0.15, 0.2) is 18.2 Å². The van der Waals surface area contributed by atoms with Crippen molar-refractivity contribution < 1.29 is 9.90 Å². The molecule has 0 bridgehead atoms. The summed E-state index contributed by atoms with van der Waals surface area (Å²) >= 11 is 0. The number of para-hydroxylation sites is 1. The van der Waals surface area contributed by atoms with Gasteiger partial charge in [-0.05, 0) is 36.8 Å². The van der Waals surface area contributed by atoms with Gasteiger partial charge in [0.05, 0.1) is 5.92 Å². The van der Waals surface area contributed by atoms with Crippen LogP contribution in [0.25, 0.3) is 0 Å². The summed E-state index contributed by atoms with van der Waals surface area (Å²) < 4.78 is 0. The first-order chi connectivity index (χ1) is 9.66. The Balaban J connectivity index is 1.89. The predicted molar refractivity (Wildman–Crippen MR) is 80.3 cm³/mol. The summed E-state index contributed by atoms with van der Waals surface area (Å²) in [6.07, 6.45) is 7.02. The highest BCUT2D eigenvalue weighted by atomic mass is 16.4. The zero-order valence-electron chi connectivity index (χ0n) is 12.1. The van der Waals surface area contributed by atoms with E-state index in [1.807, 2.05) is 0 Å². The molecule has 0 radical (unpaired) electrons. The molecule has 1 N–H and O–H groups in total. The normalized spacial score (nSPS) is 20.1. The Kier molecular flexibility index (Phi) is 3.68. The van der Waals surface area contributed by atoms with Crippen molar-refractivity contribution in [3.8, 4) is 0 Å².